The molecule has 8 nitrogen and oxygen atoms in total. The molecule has 21 heavy (non-hydrogen) atoms. The largest absolute Gasteiger partial charge is 0.394 e. The number of nitrogens with two attached hydrogens (primary N) is 1. The van der Waals surface area contributed by atoms with Crippen LogP contribution in [0.3, 0.4) is 0 Å². The van der Waals surface area contributed by atoms with Crippen molar-refractivity contribution in [2.45, 2.75) is 24.0 Å². The predicted molar refractivity (Wildman–Crippen MR) is 72.7 cm³/mol. The van der Waals surface area contributed by atoms with E-state index in [9.17, 15) is 15.3 Å². The number of nitrogens with zero attached hydrogens (tertiary/aromatic N) is 3. The van der Waals surface area contributed by atoms with E-state index in [2.05, 4.69) is 15.9 Å². The van der Waals surface area contributed by atoms with Gasteiger partial charge in [0.25, 0.3) is 0 Å². The predicted octanol–water partition coefficient (Wildman–Crippen LogP) is -1.37. The molecule has 8 heteroatoms. The quantitative estimate of drug-likeness (QED) is 0.502. The molecular formula is C13H14N4O4. The molecule has 4 atom stereocenters. The van der Waals surface area contributed by atoms with Crippen molar-refractivity contribution in [3.63, 3.8) is 0 Å². The molecule has 1 saturated heterocycles. The maximum absolute atomic E-state index is 10.5. The number of fused-ring (bicyclic) bond motifs is 1. The molecule has 1 aliphatic heterocycles. The Bertz CT molecular complexity index is 725. The highest BCUT2D eigenvalue weighted by molar-refractivity contribution is 5.86. The maximum atomic E-state index is 10.5. The number of aromatic nitrogens is 3. The van der Waals surface area contributed by atoms with Gasteiger partial charge in [-0.2, -0.15) is 0 Å². The van der Waals surface area contributed by atoms with E-state index in [1.165, 1.54) is 10.9 Å². The van der Waals surface area contributed by atoms with Gasteiger partial charge in [-0.15, -0.1) is 6.42 Å². The second-order valence-corrected chi connectivity index (χ2v) is 4.84. The molecule has 5 N–H and O–H groups in total. The van der Waals surface area contributed by atoms with E-state index in [0.29, 0.717) is 11.0 Å². The van der Waals surface area contributed by atoms with Crippen molar-refractivity contribution in [2.75, 3.05) is 12.3 Å². The number of aliphatic hydroxyl groups is 3. The van der Waals surface area contributed by atoms with E-state index in [-0.39, 0.29) is 5.82 Å². The first-order valence-corrected chi connectivity index (χ1v) is 6.24. The number of aliphatic hydroxyl groups excluding tert-OH is 2. The molecule has 1 aliphatic rings. The van der Waals surface area contributed by atoms with Crippen LogP contribution in [-0.4, -0.2) is 54.3 Å². The Balaban J connectivity index is 2.14. The molecule has 3 heterocycles. The number of ether oxygens (including phenoxy) is 1. The van der Waals surface area contributed by atoms with Crippen molar-refractivity contribution in [2.24, 2.45) is 0 Å². The lowest BCUT2D eigenvalue weighted by atomic mass is 9.95. The Morgan fingerprint density at radius 3 is 2.95 bits per heavy atom. The fourth-order valence-corrected chi connectivity index (χ4v) is 2.53. The van der Waals surface area contributed by atoms with E-state index in [0.717, 1.165) is 0 Å². The van der Waals surface area contributed by atoms with E-state index in [4.69, 9.17) is 16.9 Å². The third-order valence-corrected chi connectivity index (χ3v) is 3.69. The number of hydrogen-bond donors (Lipinski definition) is 4. The van der Waals surface area contributed by atoms with Crippen LogP contribution in [0.2, 0.25) is 0 Å². The van der Waals surface area contributed by atoms with Gasteiger partial charge in [0.05, 0.1) is 12.0 Å². The zero-order valence-electron chi connectivity index (χ0n) is 10.9. The van der Waals surface area contributed by atoms with Crippen LogP contribution in [0.25, 0.3) is 11.0 Å². The molecule has 2 aromatic heterocycles. The van der Waals surface area contributed by atoms with Gasteiger partial charge >= 0.3 is 0 Å². The minimum atomic E-state index is -1.99. The lowest BCUT2D eigenvalue weighted by molar-refractivity contribution is -0.0718. The van der Waals surface area contributed by atoms with E-state index in [1.54, 1.807) is 12.3 Å². The third kappa shape index (κ3) is 1.80. The minimum absolute atomic E-state index is 0.278. The second kappa shape index (κ2) is 4.68. The van der Waals surface area contributed by atoms with Gasteiger partial charge in [0, 0.05) is 6.20 Å². The highest BCUT2D eigenvalue weighted by atomic mass is 16.6. The van der Waals surface area contributed by atoms with Gasteiger partial charge < -0.3 is 30.4 Å². The molecule has 0 bridgehead atoms. The molecule has 0 amide bonds. The lowest BCUT2D eigenvalue weighted by Gasteiger charge is -2.26. The molecule has 0 saturated carbocycles. The van der Waals surface area contributed by atoms with Crippen molar-refractivity contribution in [1.29, 1.82) is 0 Å². The van der Waals surface area contributed by atoms with Gasteiger partial charge in [-0.3, -0.25) is 0 Å². The zero-order valence-corrected chi connectivity index (χ0v) is 10.9. The number of hydrogen-bond acceptors (Lipinski definition) is 7. The molecule has 1 fully saturated rings. The average Bonchev–Trinajstić information content (AvgIpc) is 3.01. The van der Waals surface area contributed by atoms with Gasteiger partial charge in [0.2, 0.25) is 0 Å². The Labute approximate surface area is 119 Å². The summed E-state index contributed by atoms with van der Waals surface area (Å²) in [6, 6.07) is 1.66. The van der Waals surface area contributed by atoms with Crippen LogP contribution in [0.15, 0.2) is 18.6 Å². The molecule has 0 aromatic carbocycles. The summed E-state index contributed by atoms with van der Waals surface area (Å²) in [5.41, 5.74) is 4.17. The van der Waals surface area contributed by atoms with E-state index < -0.39 is 30.6 Å². The Kier molecular flexibility index (Phi) is 3.07. The zero-order chi connectivity index (χ0) is 15.2. The first-order chi connectivity index (χ1) is 10.0. The van der Waals surface area contributed by atoms with Crippen LogP contribution < -0.4 is 5.73 Å². The number of rotatable bonds is 2. The van der Waals surface area contributed by atoms with Crippen LogP contribution in [0, 0.1) is 12.3 Å². The Morgan fingerprint density at radius 2 is 2.29 bits per heavy atom. The SMILES string of the molecule is C#C[C@]1(O)[C@H](O)[C@@H](CO)O[C@H]1n1ccc2c(N)ncnc21. The highest BCUT2D eigenvalue weighted by Gasteiger charge is 2.55. The van der Waals surface area contributed by atoms with Crippen molar-refractivity contribution < 1.29 is 20.1 Å². The first kappa shape index (κ1) is 13.8. The Hall–Kier alpha value is -2.18. The summed E-state index contributed by atoms with van der Waals surface area (Å²) in [5, 5.41) is 30.4. The topological polar surface area (TPSA) is 127 Å². The summed E-state index contributed by atoms with van der Waals surface area (Å²) in [5.74, 6) is 2.42. The van der Waals surface area contributed by atoms with Crippen LogP contribution >= 0.6 is 0 Å². The van der Waals surface area contributed by atoms with Gasteiger partial charge in [0.15, 0.2) is 11.8 Å². The number of nitrogen functional groups attached to an aromatic ring is 1. The fraction of sp³-hybridized carbons (Fsp3) is 0.385. The molecular weight excluding hydrogens is 276 g/mol. The molecule has 0 radical (unpaired) electrons. The van der Waals surface area contributed by atoms with E-state index in [1.807, 2.05) is 0 Å². The molecule has 2 aromatic rings. The van der Waals surface area contributed by atoms with Crippen molar-refractivity contribution in [3.05, 3.63) is 18.6 Å². The molecule has 0 unspecified atom stereocenters. The summed E-state index contributed by atoms with van der Waals surface area (Å²) in [6.45, 7) is -0.474. The number of anilines is 1. The second-order valence-electron chi connectivity index (χ2n) is 4.84. The summed E-state index contributed by atoms with van der Waals surface area (Å²) in [6.07, 6.45) is 4.70. The normalized spacial score (nSPS) is 32.4. The monoisotopic (exact) mass is 290 g/mol. The summed E-state index contributed by atoms with van der Waals surface area (Å²) < 4.78 is 6.96. The van der Waals surface area contributed by atoms with Crippen molar-refractivity contribution >= 4 is 16.9 Å². The van der Waals surface area contributed by atoms with Crippen molar-refractivity contribution in [3.8, 4) is 12.3 Å². The van der Waals surface area contributed by atoms with Gasteiger partial charge in [-0.05, 0) is 6.07 Å². The van der Waals surface area contributed by atoms with Crippen LogP contribution in [-0.2, 0) is 4.74 Å². The summed E-state index contributed by atoms with van der Waals surface area (Å²) in [4.78, 5) is 7.96. The molecule has 0 aliphatic carbocycles. The first-order valence-electron chi connectivity index (χ1n) is 6.24. The van der Waals surface area contributed by atoms with Crippen molar-refractivity contribution in [1.82, 2.24) is 14.5 Å². The Morgan fingerprint density at radius 1 is 1.52 bits per heavy atom. The lowest BCUT2D eigenvalue weighted by Crippen LogP contribution is -2.45. The smallest absolute Gasteiger partial charge is 0.199 e. The van der Waals surface area contributed by atoms with Gasteiger partial charge in [-0.25, -0.2) is 9.97 Å². The van der Waals surface area contributed by atoms with Crippen LogP contribution in [0.4, 0.5) is 5.82 Å². The molecule has 0 spiro atoms. The molecule has 3 rings (SSSR count). The summed E-state index contributed by atoms with van der Waals surface area (Å²) >= 11 is 0. The number of terminal acetylenes is 1. The molecule has 110 valence electrons. The van der Waals surface area contributed by atoms with Gasteiger partial charge in [-0.1, -0.05) is 5.92 Å². The maximum Gasteiger partial charge on any atom is 0.199 e. The minimum Gasteiger partial charge on any atom is -0.394 e. The van der Waals surface area contributed by atoms with E-state index >= 15 is 0 Å². The highest BCUT2D eigenvalue weighted by Crippen LogP contribution is 2.39. The van der Waals surface area contributed by atoms with Gasteiger partial charge in [0.1, 0.15) is 30.0 Å². The standard InChI is InChI=1S/C13H14N4O4/c1-2-13(20)9(19)8(5-18)21-12(13)17-4-3-7-10(14)15-6-16-11(7)17/h1,3-4,6,8-9,12,18-20H,5H2,(H2,14,15,16)/t8-,9-,12-,13+/m1/s1. The van der Waals surface area contributed by atoms with Crippen LogP contribution in [0.1, 0.15) is 6.23 Å². The fourth-order valence-electron chi connectivity index (χ4n) is 2.53. The third-order valence-electron chi connectivity index (χ3n) is 3.69. The average molecular weight is 290 g/mol. The van der Waals surface area contributed by atoms with Crippen LogP contribution in [0.5, 0.6) is 0 Å². The summed E-state index contributed by atoms with van der Waals surface area (Å²) in [7, 11) is 0.